The SMILES string of the molecule is C1CCCC1.C1CCCC1.[CH2-][C@@H]1CCC2=C3CCC[C@@H]3C[C@]21[N-]c1ccccc1.[Zr+2]. The minimum Gasteiger partial charge on any atom is -0.677 e. The number of para-hydroxylation sites is 1. The average Bonchev–Trinajstić information content (AvgIpc) is 3.55. The first-order valence-corrected chi connectivity index (χ1v) is 12.6. The zero-order chi connectivity index (χ0) is 19.9. The van der Waals surface area contributed by atoms with Crippen LogP contribution in [0.1, 0.15) is 103 Å². The van der Waals surface area contributed by atoms with Crippen molar-refractivity contribution in [2.24, 2.45) is 11.8 Å². The van der Waals surface area contributed by atoms with Gasteiger partial charge in [-0.05, 0) is 31.6 Å². The molecule has 0 spiro atoms. The number of rotatable bonds is 2. The fourth-order valence-electron chi connectivity index (χ4n) is 6.37. The maximum atomic E-state index is 5.19. The molecule has 0 bridgehead atoms. The number of nitrogens with zero attached hydrogens (tertiary/aromatic N) is 1. The molecule has 5 aliphatic carbocycles. The quantitative estimate of drug-likeness (QED) is 0.295. The van der Waals surface area contributed by atoms with Crippen molar-refractivity contribution in [1.82, 2.24) is 0 Å². The molecule has 0 N–H and O–H groups in total. The van der Waals surface area contributed by atoms with E-state index in [9.17, 15) is 0 Å². The fourth-order valence-corrected chi connectivity index (χ4v) is 6.37. The number of benzene rings is 1. The molecule has 30 heavy (non-hydrogen) atoms. The molecular weight excluding hydrogens is 442 g/mol. The summed E-state index contributed by atoms with van der Waals surface area (Å²) in [5, 5.41) is 5.19. The Morgan fingerprint density at radius 1 is 0.733 bits per heavy atom. The third-order valence-corrected chi connectivity index (χ3v) is 7.96. The van der Waals surface area contributed by atoms with Gasteiger partial charge in [0.05, 0.1) is 0 Å². The van der Waals surface area contributed by atoms with Crippen molar-refractivity contribution >= 4 is 5.69 Å². The predicted octanol–water partition coefficient (Wildman–Crippen LogP) is 9.07. The van der Waals surface area contributed by atoms with Crippen LogP contribution in [0.15, 0.2) is 41.5 Å². The van der Waals surface area contributed by atoms with E-state index in [-0.39, 0.29) is 31.7 Å². The number of fused-ring (bicyclic) bond motifs is 2. The number of allylic oxidation sites excluding steroid dienone is 1. The second-order valence-corrected chi connectivity index (χ2v) is 9.94. The zero-order valence-electron chi connectivity index (χ0n) is 19.0. The monoisotopic (exact) mass is 481 g/mol. The van der Waals surface area contributed by atoms with E-state index in [1.165, 1.54) is 103 Å². The van der Waals surface area contributed by atoms with Crippen molar-refractivity contribution in [2.75, 3.05) is 0 Å². The van der Waals surface area contributed by atoms with E-state index in [4.69, 9.17) is 5.32 Å². The van der Waals surface area contributed by atoms with Crippen molar-refractivity contribution in [2.45, 2.75) is 108 Å². The first kappa shape index (κ1) is 24.3. The van der Waals surface area contributed by atoms with Gasteiger partial charge >= 0.3 is 26.2 Å². The first-order valence-electron chi connectivity index (χ1n) is 12.6. The minimum absolute atomic E-state index is 0. The Morgan fingerprint density at radius 2 is 1.30 bits per heavy atom. The molecule has 5 aliphatic rings. The zero-order valence-corrected chi connectivity index (χ0v) is 21.5. The van der Waals surface area contributed by atoms with Gasteiger partial charge in [0.1, 0.15) is 0 Å². The van der Waals surface area contributed by atoms with Crippen molar-refractivity contribution in [3.05, 3.63) is 53.7 Å². The number of hydrogen-bond acceptors (Lipinski definition) is 0. The second kappa shape index (κ2) is 12.0. The molecule has 0 aliphatic heterocycles. The number of hydrogen-bond donors (Lipinski definition) is 0. The molecule has 0 unspecified atom stereocenters. The molecule has 1 aromatic rings. The molecule has 0 amide bonds. The Bertz CT molecular complexity index is 633. The molecule has 3 atom stereocenters. The van der Waals surface area contributed by atoms with Gasteiger partial charge in [-0.15, -0.1) is 11.2 Å². The van der Waals surface area contributed by atoms with Gasteiger partial charge in [0.15, 0.2) is 0 Å². The summed E-state index contributed by atoms with van der Waals surface area (Å²) in [6, 6.07) is 10.5. The molecule has 0 radical (unpaired) electrons. The van der Waals surface area contributed by atoms with Crippen LogP contribution < -0.4 is 0 Å². The Morgan fingerprint density at radius 3 is 1.87 bits per heavy atom. The Hall–Kier alpha value is -0.357. The van der Waals surface area contributed by atoms with Crippen LogP contribution in [-0.4, -0.2) is 5.54 Å². The maximum absolute atomic E-state index is 5.19. The van der Waals surface area contributed by atoms with Crippen LogP contribution in [0.4, 0.5) is 5.69 Å². The normalized spacial score (nSPS) is 31.1. The molecule has 0 saturated heterocycles. The third kappa shape index (κ3) is 5.71. The summed E-state index contributed by atoms with van der Waals surface area (Å²) in [6.45, 7) is 4.45. The van der Waals surface area contributed by atoms with Crippen molar-refractivity contribution in [3.8, 4) is 0 Å². The van der Waals surface area contributed by atoms with Gasteiger partial charge in [0.2, 0.25) is 0 Å². The maximum Gasteiger partial charge on any atom is 2.00 e. The molecule has 4 saturated carbocycles. The van der Waals surface area contributed by atoms with Crippen LogP contribution in [0.3, 0.4) is 0 Å². The van der Waals surface area contributed by atoms with Crippen LogP contribution in [0.2, 0.25) is 0 Å². The predicted molar refractivity (Wildman–Crippen MR) is 125 cm³/mol. The standard InChI is InChI=1S/C18H21N.2C5H10.Zr/c1-13-10-11-17-16-9-5-6-14(16)12-18(13,17)19-15-7-3-2-4-8-15;2*1-2-4-5-3-1;/h2-4,7-8,13-14H,1,5-6,9-12H2;2*1-5H2;/q-2;;;+2/t13-,14-,18-;;;/m1.../s1. The van der Waals surface area contributed by atoms with Crippen molar-refractivity contribution in [1.29, 1.82) is 0 Å². The minimum atomic E-state index is 0. The molecule has 6 rings (SSSR count). The molecule has 2 heteroatoms. The van der Waals surface area contributed by atoms with Crippen LogP contribution in [0.5, 0.6) is 0 Å². The summed E-state index contributed by atoms with van der Waals surface area (Å²) in [7, 11) is 0. The van der Waals surface area contributed by atoms with Crippen LogP contribution in [0.25, 0.3) is 5.32 Å². The van der Waals surface area contributed by atoms with Gasteiger partial charge < -0.3 is 12.2 Å². The third-order valence-electron chi connectivity index (χ3n) is 7.96. The van der Waals surface area contributed by atoms with E-state index in [1.807, 2.05) is 0 Å². The Kier molecular flexibility index (Phi) is 9.74. The van der Waals surface area contributed by atoms with Gasteiger partial charge in [-0.2, -0.15) is 5.92 Å². The van der Waals surface area contributed by atoms with E-state index in [2.05, 4.69) is 37.3 Å². The van der Waals surface area contributed by atoms with Crippen molar-refractivity contribution < 1.29 is 26.2 Å². The van der Waals surface area contributed by atoms with Gasteiger partial charge in [-0.3, -0.25) is 0 Å². The summed E-state index contributed by atoms with van der Waals surface area (Å²) >= 11 is 0. The molecule has 162 valence electrons. The topological polar surface area (TPSA) is 14.1 Å². The smallest absolute Gasteiger partial charge is 0.677 e. The molecule has 1 nitrogen and oxygen atoms in total. The van der Waals surface area contributed by atoms with E-state index in [0.717, 1.165) is 11.6 Å². The van der Waals surface area contributed by atoms with E-state index < -0.39 is 0 Å². The van der Waals surface area contributed by atoms with Gasteiger partial charge in [0.25, 0.3) is 0 Å². The van der Waals surface area contributed by atoms with E-state index in [0.29, 0.717) is 5.92 Å². The Labute approximate surface area is 205 Å². The second-order valence-electron chi connectivity index (χ2n) is 9.94. The molecule has 0 aromatic heterocycles. The van der Waals surface area contributed by atoms with Crippen LogP contribution in [0, 0.1) is 18.8 Å². The fraction of sp³-hybridized carbons (Fsp3) is 0.679. The van der Waals surface area contributed by atoms with Gasteiger partial charge in [-0.1, -0.05) is 119 Å². The molecule has 4 fully saturated rings. The van der Waals surface area contributed by atoms with Crippen LogP contribution >= 0.6 is 0 Å². The Balaban J connectivity index is 0.000000192. The van der Waals surface area contributed by atoms with E-state index in [1.54, 1.807) is 11.1 Å². The largest absolute Gasteiger partial charge is 2.00 e. The molecule has 0 heterocycles. The first-order chi connectivity index (χ1) is 14.3. The average molecular weight is 483 g/mol. The summed E-state index contributed by atoms with van der Waals surface area (Å²) in [5.41, 5.74) is 4.64. The molecule has 1 aromatic carbocycles. The summed E-state index contributed by atoms with van der Waals surface area (Å²) < 4.78 is 0. The summed E-state index contributed by atoms with van der Waals surface area (Å²) in [5.74, 6) is 1.30. The van der Waals surface area contributed by atoms with E-state index >= 15 is 0 Å². The van der Waals surface area contributed by atoms with Gasteiger partial charge in [-0.25, -0.2) is 0 Å². The van der Waals surface area contributed by atoms with Crippen LogP contribution in [-0.2, 0) is 26.2 Å². The molecular formula is C28H41NZr. The van der Waals surface area contributed by atoms with Gasteiger partial charge in [0, 0.05) is 0 Å². The summed E-state index contributed by atoms with van der Waals surface area (Å²) in [4.78, 5) is 0. The van der Waals surface area contributed by atoms with Crippen molar-refractivity contribution in [3.63, 3.8) is 0 Å². The summed E-state index contributed by atoms with van der Waals surface area (Å²) in [6.07, 6.45) is 22.8.